The Bertz CT molecular complexity index is 559. The van der Waals surface area contributed by atoms with Gasteiger partial charge < -0.3 is 0 Å². The predicted octanol–water partition coefficient (Wildman–Crippen LogP) is 3.21. The molecule has 0 aliphatic heterocycles. The molecule has 110 valence electrons. The van der Waals surface area contributed by atoms with Crippen LogP contribution in [0.1, 0.15) is 49.4 Å². The van der Waals surface area contributed by atoms with E-state index in [1.54, 1.807) is 24.3 Å². The highest BCUT2D eigenvalue weighted by Crippen LogP contribution is 2.30. The van der Waals surface area contributed by atoms with Crippen molar-refractivity contribution in [3.8, 4) is 0 Å². The van der Waals surface area contributed by atoms with Crippen LogP contribution < -0.4 is 4.72 Å². The lowest BCUT2D eigenvalue weighted by molar-refractivity contribution is 0.0936. The number of Topliss-reactive ketones (excluding diaryl/α,β-unsaturated/α-hetero) is 1. The van der Waals surface area contributed by atoms with Crippen molar-refractivity contribution >= 4 is 21.5 Å². The molecule has 1 saturated carbocycles. The number of anilines is 1. The number of rotatable bonds is 7. The van der Waals surface area contributed by atoms with Gasteiger partial charge in [-0.3, -0.25) is 9.52 Å². The molecule has 5 heteroatoms. The minimum absolute atomic E-state index is 0.107. The van der Waals surface area contributed by atoms with Crippen molar-refractivity contribution in [2.45, 2.75) is 39.0 Å². The van der Waals surface area contributed by atoms with Gasteiger partial charge >= 0.3 is 0 Å². The molecule has 0 radical (unpaired) electrons. The van der Waals surface area contributed by atoms with E-state index >= 15 is 0 Å². The summed E-state index contributed by atoms with van der Waals surface area (Å²) in [6, 6.07) is 6.71. The van der Waals surface area contributed by atoms with Gasteiger partial charge in [-0.15, -0.1) is 0 Å². The summed E-state index contributed by atoms with van der Waals surface area (Å²) in [5, 5.41) is 0. The van der Waals surface area contributed by atoms with E-state index < -0.39 is 10.0 Å². The zero-order chi connectivity index (χ0) is 14.6. The molecule has 1 aromatic rings. The Labute approximate surface area is 120 Å². The molecule has 0 heterocycles. The van der Waals surface area contributed by atoms with Gasteiger partial charge in [0.05, 0.1) is 5.75 Å². The Morgan fingerprint density at radius 2 is 1.90 bits per heavy atom. The summed E-state index contributed by atoms with van der Waals surface area (Å²) in [5.74, 6) is 0.804. The van der Waals surface area contributed by atoms with Crippen LogP contribution in [0.3, 0.4) is 0 Å². The van der Waals surface area contributed by atoms with E-state index in [0.29, 0.717) is 30.0 Å². The zero-order valence-corrected chi connectivity index (χ0v) is 12.6. The second kappa shape index (κ2) is 6.39. The molecule has 4 nitrogen and oxygen atoms in total. The molecule has 1 aliphatic rings. The van der Waals surface area contributed by atoms with Gasteiger partial charge in [0.1, 0.15) is 0 Å². The first-order chi connectivity index (χ1) is 9.50. The van der Waals surface area contributed by atoms with Gasteiger partial charge in [0, 0.05) is 17.7 Å². The molecule has 0 atom stereocenters. The monoisotopic (exact) mass is 295 g/mol. The maximum Gasteiger partial charge on any atom is 0.232 e. The molecule has 1 aliphatic carbocycles. The summed E-state index contributed by atoms with van der Waals surface area (Å²) in [6.07, 6.45) is 4.73. The van der Waals surface area contributed by atoms with E-state index in [1.807, 2.05) is 6.92 Å². The van der Waals surface area contributed by atoms with Gasteiger partial charge in [0.15, 0.2) is 5.78 Å². The van der Waals surface area contributed by atoms with Crippen LogP contribution in [0.25, 0.3) is 0 Å². The lowest BCUT2D eigenvalue weighted by atomic mass is 9.81. The number of benzene rings is 1. The van der Waals surface area contributed by atoms with Gasteiger partial charge in [-0.25, -0.2) is 8.42 Å². The normalized spacial score (nSPS) is 15.7. The maximum absolute atomic E-state index is 12.0. The minimum atomic E-state index is -3.27. The smallest absolute Gasteiger partial charge is 0.232 e. The lowest BCUT2D eigenvalue weighted by Crippen LogP contribution is -2.17. The van der Waals surface area contributed by atoms with Crippen molar-refractivity contribution < 1.29 is 13.2 Å². The summed E-state index contributed by atoms with van der Waals surface area (Å²) in [5.41, 5.74) is 1.17. The molecule has 0 spiro atoms. The van der Waals surface area contributed by atoms with Crippen molar-refractivity contribution in [2.75, 3.05) is 10.5 Å². The van der Waals surface area contributed by atoms with E-state index in [1.165, 1.54) is 6.42 Å². The maximum atomic E-state index is 12.0. The highest BCUT2D eigenvalue weighted by molar-refractivity contribution is 7.92. The Morgan fingerprint density at radius 1 is 1.25 bits per heavy atom. The minimum Gasteiger partial charge on any atom is -0.294 e. The zero-order valence-electron chi connectivity index (χ0n) is 11.8. The first kappa shape index (κ1) is 15.0. The second-order valence-electron chi connectivity index (χ2n) is 5.42. The van der Waals surface area contributed by atoms with Crippen LogP contribution in [0.2, 0.25) is 0 Å². The predicted molar refractivity (Wildman–Crippen MR) is 80.4 cm³/mol. The summed E-state index contributed by atoms with van der Waals surface area (Å²) in [6.45, 7) is 1.82. The molecule has 0 bridgehead atoms. The first-order valence-electron chi connectivity index (χ1n) is 7.14. The highest BCUT2D eigenvalue weighted by atomic mass is 32.2. The average molecular weight is 295 g/mol. The van der Waals surface area contributed by atoms with Crippen LogP contribution in [0.15, 0.2) is 24.3 Å². The van der Waals surface area contributed by atoms with Crippen LogP contribution in [-0.4, -0.2) is 20.0 Å². The number of nitrogens with one attached hydrogen (secondary N) is 1. The molecule has 0 amide bonds. The molecular formula is C15H21NO3S. The van der Waals surface area contributed by atoms with Gasteiger partial charge in [-0.1, -0.05) is 26.2 Å². The first-order valence-corrected chi connectivity index (χ1v) is 8.79. The van der Waals surface area contributed by atoms with E-state index in [2.05, 4.69) is 4.72 Å². The molecule has 1 aromatic carbocycles. The number of ketones is 1. The van der Waals surface area contributed by atoms with E-state index in [9.17, 15) is 13.2 Å². The van der Waals surface area contributed by atoms with Crippen molar-refractivity contribution in [3.05, 3.63) is 29.8 Å². The van der Waals surface area contributed by atoms with E-state index in [4.69, 9.17) is 0 Å². The van der Waals surface area contributed by atoms with Gasteiger partial charge in [-0.05, 0) is 36.6 Å². The standard InChI is InChI=1S/C15H21NO3S/c1-2-10-20(18,19)16-14-8-6-13(7-9-14)15(17)11-12-4-3-5-12/h6-9,12,16H,2-5,10-11H2,1H3. The highest BCUT2D eigenvalue weighted by Gasteiger charge is 2.21. The molecule has 1 N–H and O–H groups in total. The van der Waals surface area contributed by atoms with Crippen LogP contribution in [0.4, 0.5) is 5.69 Å². The molecule has 20 heavy (non-hydrogen) atoms. The summed E-state index contributed by atoms with van der Waals surface area (Å²) in [7, 11) is -3.27. The molecule has 0 saturated heterocycles. The number of hydrogen-bond donors (Lipinski definition) is 1. The van der Waals surface area contributed by atoms with Crippen molar-refractivity contribution in [2.24, 2.45) is 5.92 Å². The van der Waals surface area contributed by atoms with Crippen LogP contribution in [0.5, 0.6) is 0 Å². The van der Waals surface area contributed by atoms with E-state index in [0.717, 1.165) is 12.8 Å². The average Bonchev–Trinajstić information content (AvgIpc) is 2.34. The fourth-order valence-electron chi connectivity index (χ4n) is 2.30. The molecule has 2 rings (SSSR count). The third kappa shape index (κ3) is 4.07. The third-order valence-electron chi connectivity index (χ3n) is 3.65. The summed E-state index contributed by atoms with van der Waals surface area (Å²) in [4.78, 5) is 12.0. The Balaban J connectivity index is 1.97. The molecule has 1 fully saturated rings. The fraction of sp³-hybridized carbons (Fsp3) is 0.533. The van der Waals surface area contributed by atoms with Gasteiger partial charge in [0.25, 0.3) is 0 Å². The Morgan fingerprint density at radius 3 is 2.40 bits per heavy atom. The largest absolute Gasteiger partial charge is 0.294 e. The summed E-state index contributed by atoms with van der Waals surface area (Å²) >= 11 is 0. The Kier molecular flexibility index (Phi) is 4.81. The molecule has 0 aromatic heterocycles. The van der Waals surface area contributed by atoms with Crippen LogP contribution in [-0.2, 0) is 10.0 Å². The Hall–Kier alpha value is -1.36. The number of carbonyl (C=O) groups excluding carboxylic acids is 1. The lowest BCUT2D eigenvalue weighted by Gasteiger charge is -2.24. The molecular weight excluding hydrogens is 274 g/mol. The number of sulfonamides is 1. The fourth-order valence-corrected chi connectivity index (χ4v) is 3.44. The number of carbonyl (C=O) groups is 1. The molecule has 0 unspecified atom stereocenters. The quantitative estimate of drug-likeness (QED) is 0.786. The van der Waals surface area contributed by atoms with Crippen LogP contribution in [0, 0.1) is 5.92 Å². The SMILES string of the molecule is CCCS(=O)(=O)Nc1ccc(C(=O)CC2CCC2)cc1. The second-order valence-corrected chi connectivity index (χ2v) is 7.26. The van der Waals surface area contributed by atoms with E-state index in [-0.39, 0.29) is 11.5 Å². The summed E-state index contributed by atoms with van der Waals surface area (Å²) < 4.78 is 25.8. The van der Waals surface area contributed by atoms with Crippen molar-refractivity contribution in [1.29, 1.82) is 0 Å². The van der Waals surface area contributed by atoms with Crippen LogP contribution >= 0.6 is 0 Å². The van der Waals surface area contributed by atoms with Gasteiger partial charge in [0.2, 0.25) is 10.0 Å². The van der Waals surface area contributed by atoms with Crippen molar-refractivity contribution in [1.82, 2.24) is 0 Å². The van der Waals surface area contributed by atoms with Gasteiger partial charge in [-0.2, -0.15) is 0 Å². The number of hydrogen-bond acceptors (Lipinski definition) is 3. The van der Waals surface area contributed by atoms with Crippen molar-refractivity contribution in [3.63, 3.8) is 0 Å². The third-order valence-corrected chi connectivity index (χ3v) is 5.14. The topological polar surface area (TPSA) is 63.2 Å².